The molecule has 0 aliphatic heterocycles. The third kappa shape index (κ3) is 2.35. The summed E-state index contributed by atoms with van der Waals surface area (Å²) in [6, 6.07) is 0. The van der Waals surface area contributed by atoms with E-state index in [1.165, 1.54) is 6.92 Å². The lowest BCUT2D eigenvalue weighted by Crippen LogP contribution is -2.31. The van der Waals surface area contributed by atoms with Crippen molar-refractivity contribution in [2.75, 3.05) is 5.73 Å². The first kappa shape index (κ1) is 9.27. The van der Waals surface area contributed by atoms with Crippen LogP contribution < -0.4 is 10.8 Å². The molecule has 5 nitrogen and oxygen atoms in total. The van der Waals surface area contributed by atoms with Crippen molar-refractivity contribution < 1.29 is 9.90 Å². The maximum Gasteiger partial charge on any atom is 0.203 e. The quantitative estimate of drug-likeness (QED) is 0.658. The molecule has 0 amide bonds. The van der Waals surface area contributed by atoms with Crippen LogP contribution in [0.3, 0.4) is 0 Å². The zero-order valence-electron chi connectivity index (χ0n) is 6.18. The first-order valence-corrected chi connectivity index (χ1v) is 4.75. The highest BCUT2D eigenvalue weighted by Crippen LogP contribution is 2.26. The molecule has 0 fully saturated rings. The normalized spacial score (nSPS) is 12.8. The number of carboxylic acid groups (broad SMARTS) is 1. The van der Waals surface area contributed by atoms with Gasteiger partial charge in [0.2, 0.25) is 5.13 Å². The Kier molecular flexibility index (Phi) is 2.88. The van der Waals surface area contributed by atoms with Gasteiger partial charge in [-0.25, -0.2) is 0 Å². The minimum Gasteiger partial charge on any atom is -0.549 e. The lowest BCUT2D eigenvalue weighted by Gasteiger charge is -2.07. The lowest BCUT2D eigenvalue weighted by atomic mass is 10.5. The second kappa shape index (κ2) is 3.72. The Morgan fingerprint density at radius 1 is 1.75 bits per heavy atom. The molecular formula is C5H6N3O2S2-. The number of hydrogen-bond donors (Lipinski definition) is 1. The van der Waals surface area contributed by atoms with E-state index in [2.05, 4.69) is 10.2 Å². The van der Waals surface area contributed by atoms with Crippen LogP contribution in [0.15, 0.2) is 4.34 Å². The Morgan fingerprint density at radius 3 is 2.83 bits per heavy atom. The molecule has 1 aromatic rings. The van der Waals surface area contributed by atoms with Crippen molar-refractivity contribution in [1.82, 2.24) is 10.2 Å². The average molecular weight is 204 g/mol. The minimum absolute atomic E-state index is 0.336. The number of nitrogen functional groups attached to an aromatic ring is 1. The van der Waals surface area contributed by atoms with Gasteiger partial charge in [-0.2, -0.15) is 0 Å². The Labute approximate surface area is 77.0 Å². The van der Waals surface area contributed by atoms with Crippen molar-refractivity contribution in [3.8, 4) is 0 Å². The fourth-order valence-corrected chi connectivity index (χ4v) is 2.18. The molecule has 0 aliphatic rings. The monoisotopic (exact) mass is 204 g/mol. The highest BCUT2D eigenvalue weighted by Gasteiger charge is 2.08. The molecule has 1 atom stereocenters. The van der Waals surface area contributed by atoms with E-state index >= 15 is 0 Å². The number of rotatable bonds is 3. The summed E-state index contributed by atoms with van der Waals surface area (Å²) in [6.45, 7) is 1.53. The second-order valence-electron chi connectivity index (χ2n) is 1.99. The number of nitrogens with two attached hydrogens (primary N) is 1. The van der Waals surface area contributed by atoms with Gasteiger partial charge in [-0.1, -0.05) is 23.1 Å². The summed E-state index contributed by atoms with van der Waals surface area (Å²) in [5.41, 5.74) is 5.30. The summed E-state index contributed by atoms with van der Waals surface area (Å²) in [5, 5.41) is 17.2. The molecule has 2 N–H and O–H groups in total. The molecule has 0 saturated heterocycles. The zero-order valence-corrected chi connectivity index (χ0v) is 7.82. The van der Waals surface area contributed by atoms with Crippen LogP contribution in [0.1, 0.15) is 6.92 Å². The van der Waals surface area contributed by atoms with Crippen LogP contribution >= 0.6 is 23.1 Å². The molecule has 0 unspecified atom stereocenters. The fraction of sp³-hybridized carbons (Fsp3) is 0.400. The summed E-state index contributed by atoms with van der Waals surface area (Å²) in [7, 11) is 0. The minimum atomic E-state index is -1.12. The van der Waals surface area contributed by atoms with Crippen molar-refractivity contribution >= 4 is 34.2 Å². The Hall–Kier alpha value is -0.820. The SMILES string of the molecule is C[C@@H](Sc1nnc(N)s1)C(=O)[O-]. The molecule has 0 bridgehead atoms. The van der Waals surface area contributed by atoms with Crippen LogP contribution in [0, 0.1) is 0 Å². The molecule has 0 aromatic carbocycles. The van der Waals surface area contributed by atoms with E-state index in [1.54, 1.807) is 0 Å². The number of carboxylic acids is 1. The summed E-state index contributed by atoms with van der Waals surface area (Å²) in [5.74, 6) is -1.12. The number of aromatic nitrogens is 2. The molecule has 12 heavy (non-hydrogen) atoms. The van der Waals surface area contributed by atoms with E-state index in [9.17, 15) is 9.90 Å². The van der Waals surface area contributed by atoms with E-state index < -0.39 is 11.2 Å². The maximum absolute atomic E-state index is 10.3. The molecule has 0 saturated carbocycles. The summed E-state index contributed by atoms with van der Waals surface area (Å²) < 4.78 is 0.546. The molecular weight excluding hydrogens is 198 g/mol. The average Bonchev–Trinajstić information content (AvgIpc) is 2.35. The van der Waals surface area contributed by atoms with E-state index in [0.29, 0.717) is 9.47 Å². The van der Waals surface area contributed by atoms with E-state index in [4.69, 9.17) is 5.73 Å². The Bertz CT molecular complexity index is 288. The highest BCUT2D eigenvalue weighted by atomic mass is 32.2. The number of nitrogens with zero attached hydrogens (tertiary/aromatic N) is 2. The largest absolute Gasteiger partial charge is 0.549 e. The number of carbonyl (C=O) groups is 1. The standard InChI is InChI=1S/C5H7N3O2S2/c1-2(3(9)10)11-5-8-7-4(6)12-5/h2H,1H3,(H2,6,7)(H,9,10)/p-1/t2-/m1/s1. The molecule has 1 aromatic heterocycles. The van der Waals surface area contributed by atoms with Gasteiger partial charge in [0.25, 0.3) is 0 Å². The smallest absolute Gasteiger partial charge is 0.203 e. The molecule has 0 radical (unpaired) electrons. The van der Waals surface area contributed by atoms with Crippen molar-refractivity contribution in [2.45, 2.75) is 16.5 Å². The van der Waals surface area contributed by atoms with Crippen LogP contribution in [0.4, 0.5) is 5.13 Å². The fourth-order valence-electron chi connectivity index (χ4n) is 0.467. The van der Waals surface area contributed by atoms with Crippen LogP contribution in [0.25, 0.3) is 0 Å². The van der Waals surface area contributed by atoms with E-state index in [1.807, 2.05) is 0 Å². The maximum atomic E-state index is 10.3. The number of carbonyl (C=O) groups excluding carboxylic acids is 1. The summed E-state index contributed by atoms with van der Waals surface area (Å²) >= 11 is 2.24. The van der Waals surface area contributed by atoms with Gasteiger partial charge >= 0.3 is 0 Å². The van der Waals surface area contributed by atoms with Gasteiger partial charge in [0.05, 0.1) is 5.97 Å². The third-order valence-corrected chi connectivity index (χ3v) is 2.95. The Morgan fingerprint density at radius 2 is 2.42 bits per heavy atom. The summed E-state index contributed by atoms with van der Waals surface area (Å²) in [6.07, 6.45) is 0. The van der Waals surface area contributed by atoms with Crippen LogP contribution in [0.5, 0.6) is 0 Å². The molecule has 0 aliphatic carbocycles. The highest BCUT2D eigenvalue weighted by molar-refractivity contribution is 8.02. The van der Waals surface area contributed by atoms with Gasteiger partial charge in [-0.3, -0.25) is 0 Å². The van der Waals surface area contributed by atoms with E-state index in [-0.39, 0.29) is 0 Å². The van der Waals surface area contributed by atoms with Crippen molar-refractivity contribution in [1.29, 1.82) is 0 Å². The topological polar surface area (TPSA) is 91.9 Å². The number of thioether (sulfide) groups is 1. The molecule has 7 heteroatoms. The van der Waals surface area contributed by atoms with Crippen molar-refractivity contribution in [3.05, 3.63) is 0 Å². The number of aliphatic carboxylic acids is 1. The second-order valence-corrected chi connectivity index (χ2v) is 4.58. The van der Waals surface area contributed by atoms with Gasteiger partial charge in [0.1, 0.15) is 0 Å². The molecule has 0 spiro atoms. The van der Waals surface area contributed by atoms with Crippen molar-refractivity contribution in [2.24, 2.45) is 0 Å². The Balaban J connectivity index is 2.58. The predicted molar refractivity (Wildman–Crippen MR) is 44.6 cm³/mol. The molecule has 1 rings (SSSR count). The van der Waals surface area contributed by atoms with Crippen LogP contribution in [-0.2, 0) is 4.79 Å². The van der Waals surface area contributed by atoms with Crippen molar-refractivity contribution in [3.63, 3.8) is 0 Å². The van der Waals surface area contributed by atoms with Gasteiger partial charge in [0, 0.05) is 5.25 Å². The number of hydrogen-bond acceptors (Lipinski definition) is 7. The molecule has 66 valence electrons. The summed E-state index contributed by atoms with van der Waals surface area (Å²) in [4.78, 5) is 10.3. The number of anilines is 1. The predicted octanol–water partition coefficient (Wildman–Crippen LogP) is -0.649. The van der Waals surface area contributed by atoms with E-state index in [0.717, 1.165) is 23.1 Å². The van der Waals surface area contributed by atoms with Gasteiger partial charge in [0.15, 0.2) is 4.34 Å². The van der Waals surface area contributed by atoms with Gasteiger partial charge < -0.3 is 15.6 Å². The van der Waals surface area contributed by atoms with Crippen LogP contribution in [-0.4, -0.2) is 21.4 Å². The lowest BCUT2D eigenvalue weighted by molar-refractivity contribution is -0.304. The van der Waals surface area contributed by atoms with Gasteiger partial charge in [-0.05, 0) is 6.92 Å². The first-order valence-electron chi connectivity index (χ1n) is 3.06. The van der Waals surface area contributed by atoms with Gasteiger partial charge in [-0.15, -0.1) is 10.2 Å². The van der Waals surface area contributed by atoms with Crippen LogP contribution in [0.2, 0.25) is 0 Å². The first-order chi connectivity index (χ1) is 5.59. The zero-order chi connectivity index (χ0) is 9.14. The third-order valence-electron chi connectivity index (χ3n) is 1.03. The molecule has 1 heterocycles.